The molecule has 3 heterocycles. The largest absolute Gasteiger partial charge is 0.368 e. The molecule has 1 fully saturated rings. The van der Waals surface area contributed by atoms with Gasteiger partial charge in [-0.05, 0) is 57.5 Å². The third kappa shape index (κ3) is 4.05. The van der Waals surface area contributed by atoms with Gasteiger partial charge in [0, 0.05) is 17.8 Å². The number of carbonyl (C=O) groups is 1. The number of anilines is 3. The molecule has 1 atom stereocenters. The summed E-state index contributed by atoms with van der Waals surface area (Å²) >= 11 is 5.79. The molecule has 1 unspecified atom stereocenters. The number of hydrogen-bond donors (Lipinski definition) is 3. The molecule has 7 nitrogen and oxygen atoms in total. The van der Waals surface area contributed by atoms with Crippen LogP contribution in [0.2, 0.25) is 5.02 Å². The Morgan fingerprint density at radius 3 is 2.90 bits per heavy atom. The van der Waals surface area contributed by atoms with Crippen LogP contribution >= 0.6 is 11.6 Å². The van der Waals surface area contributed by atoms with Crippen molar-refractivity contribution in [2.45, 2.75) is 38.3 Å². The summed E-state index contributed by atoms with van der Waals surface area (Å²) in [7, 11) is 0. The predicted molar refractivity (Wildman–Crippen MR) is 118 cm³/mol. The van der Waals surface area contributed by atoms with Crippen LogP contribution in [-0.4, -0.2) is 45.9 Å². The van der Waals surface area contributed by atoms with Crippen molar-refractivity contribution < 1.29 is 9.18 Å². The highest BCUT2D eigenvalue weighted by Gasteiger charge is 2.47. The highest BCUT2D eigenvalue weighted by molar-refractivity contribution is 6.30. The number of nitrogens with one attached hydrogen (secondary N) is 3. The average molecular weight is 431 g/mol. The van der Waals surface area contributed by atoms with Crippen LogP contribution in [-0.2, 0) is 0 Å². The Hall–Kier alpha value is -2.87. The molecule has 0 saturated carbocycles. The second-order valence-corrected chi connectivity index (χ2v) is 9.03. The van der Waals surface area contributed by atoms with E-state index in [0.29, 0.717) is 25.3 Å². The second-order valence-electron chi connectivity index (χ2n) is 8.59. The van der Waals surface area contributed by atoms with E-state index in [2.05, 4.69) is 20.9 Å². The number of fused-ring (bicyclic) bond motifs is 1. The predicted octanol–water partition coefficient (Wildman–Crippen LogP) is 4.59. The normalized spacial score (nSPS) is 21.9. The monoisotopic (exact) mass is 430 g/mol. The maximum absolute atomic E-state index is 14.1. The molecule has 2 amide bonds. The van der Waals surface area contributed by atoms with Gasteiger partial charge in [-0.2, -0.15) is 0 Å². The number of nitrogens with zero attached hydrogens (tertiary/aromatic N) is 3. The number of hydrogen-bond acceptors (Lipinski definition) is 4. The van der Waals surface area contributed by atoms with Crippen LogP contribution in [0, 0.1) is 5.82 Å². The van der Waals surface area contributed by atoms with Gasteiger partial charge in [-0.3, -0.25) is 4.99 Å². The lowest BCUT2D eigenvalue weighted by molar-refractivity contribution is 0.221. The zero-order valence-electron chi connectivity index (χ0n) is 17.1. The van der Waals surface area contributed by atoms with Gasteiger partial charge >= 0.3 is 6.03 Å². The molecular formula is C21H24ClFN6O. The van der Waals surface area contributed by atoms with Gasteiger partial charge < -0.3 is 20.9 Å². The highest BCUT2D eigenvalue weighted by atomic mass is 35.5. The first-order chi connectivity index (χ1) is 14.2. The first-order valence-corrected chi connectivity index (χ1v) is 10.1. The molecule has 1 aromatic heterocycles. The topological polar surface area (TPSA) is 81.7 Å². The SMILES string of the molecule is CC(C)(C)N=C1Nc2ncccc2NC12CCN(C(=O)Nc1ccc(Cl)cc1F)C2. The molecule has 1 spiro atoms. The lowest BCUT2D eigenvalue weighted by Gasteiger charge is -2.39. The number of benzene rings is 1. The van der Waals surface area contributed by atoms with Gasteiger partial charge in [0.1, 0.15) is 17.2 Å². The number of amides is 2. The summed E-state index contributed by atoms with van der Waals surface area (Å²) in [4.78, 5) is 23.7. The fraction of sp³-hybridized carbons (Fsp3) is 0.381. The van der Waals surface area contributed by atoms with E-state index in [0.717, 1.165) is 11.5 Å². The van der Waals surface area contributed by atoms with Crippen molar-refractivity contribution in [2.75, 3.05) is 29.0 Å². The van der Waals surface area contributed by atoms with Crippen LogP contribution in [0.1, 0.15) is 27.2 Å². The molecule has 2 aliphatic heterocycles. The van der Waals surface area contributed by atoms with Gasteiger partial charge in [0.15, 0.2) is 5.82 Å². The molecule has 3 N–H and O–H groups in total. The number of pyridine rings is 1. The van der Waals surface area contributed by atoms with E-state index in [1.54, 1.807) is 11.1 Å². The first kappa shape index (κ1) is 20.4. The Morgan fingerprint density at radius 1 is 1.37 bits per heavy atom. The Morgan fingerprint density at radius 2 is 2.17 bits per heavy atom. The van der Waals surface area contributed by atoms with Gasteiger partial charge in [0.25, 0.3) is 0 Å². The van der Waals surface area contributed by atoms with Gasteiger partial charge in [-0.15, -0.1) is 0 Å². The Bertz CT molecular complexity index is 1020. The molecule has 0 bridgehead atoms. The standard InChI is InChI=1S/C21H24ClFN6O/c1-20(2,3)28-18-21(27-16-5-4-9-24-17(16)26-18)8-10-29(12-21)19(30)25-15-7-6-13(22)11-14(15)23/h4-7,9,11,27H,8,10,12H2,1-3H3,(H,25,30)(H,24,26,28). The number of likely N-dealkylation sites (tertiary alicyclic amines) is 1. The molecule has 0 radical (unpaired) electrons. The first-order valence-electron chi connectivity index (χ1n) is 9.77. The van der Waals surface area contributed by atoms with Crippen molar-refractivity contribution >= 4 is 40.7 Å². The molecule has 1 aromatic carbocycles. The molecule has 158 valence electrons. The Kier molecular flexibility index (Phi) is 5.05. The second kappa shape index (κ2) is 7.43. The summed E-state index contributed by atoms with van der Waals surface area (Å²) in [5.41, 5.74) is 0.0690. The van der Waals surface area contributed by atoms with Gasteiger partial charge in [-0.25, -0.2) is 14.2 Å². The van der Waals surface area contributed by atoms with Gasteiger partial charge in [0.05, 0.1) is 23.5 Å². The van der Waals surface area contributed by atoms with Crippen molar-refractivity contribution in [2.24, 2.45) is 4.99 Å². The van der Waals surface area contributed by atoms with Crippen LogP contribution in [0.5, 0.6) is 0 Å². The summed E-state index contributed by atoms with van der Waals surface area (Å²) in [6.07, 6.45) is 2.37. The maximum atomic E-state index is 14.1. The number of urea groups is 1. The number of halogens is 2. The van der Waals surface area contributed by atoms with Crippen LogP contribution in [0.15, 0.2) is 41.5 Å². The lowest BCUT2D eigenvalue weighted by atomic mass is 9.93. The van der Waals surface area contributed by atoms with E-state index in [9.17, 15) is 9.18 Å². The molecular weight excluding hydrogens is 407 g/mol. The summed E-state index contributed by atoms with van der Waals surface area (Å²) in [5.74, 6) is 0.878. The lowest BCUT2D eigenvalue weighted by Crippen LogP contribution is -2.55. The Labute approximate surface area is 179 Å². The molecule has 2 aromatic rings. The molecule has 1 saturated heterocycles. The third-order valence-corrected chi connectivity index (χ3v) is 5.28. The minimum atomic E-state index is -0.572. The molecule has 9 heteroatoms. The van der Waals surface area contributed by atoms with Crippen molar-refractivity contribution in [3.8, 4) is 0 Å². The summed E-state index contributed by atoms with van der Waals surface area (Å²) in [6, 6.07) is 7.59. The van der Waals surface area contributed by atoms with Crippen molar-refractivity contribution in [3.05, 3.63) is 47.4 Å². The van der Waals surface area contributed by atoms with Crippen LogP contribution < -0.4 is 16.0 Å². The minimum Gasteiger partial charge on any atom is -0.368 e. The van der Waals surface area contributed by atoms with Gasteiger partial charge in [-0.1, -0.05) is 11.6 Å². The van der Waals surface area contributed by atoms with E-state index < -0.39 is 11.4 Å². The van der Waals surface area contributed by atoms with Crippen LogP contribution in [0.3, 0.4) is 0 Å². The van der Waals surface area contributed by atoms with E-state index in [1.807, 2.05) is 32.9 Å². The number of carbonyl (C=O) groups excluding carboxylic acids is 1. The van der Waals surface area contributed by atoms with E-state index >= 15 is 0 Å². The number of aliphatic imine (C=N–C) groups is 1. The molecule has 30 heavy (non-hydrogen) atoms. The zero-order chi connectivity index (χ0) is 21.5. The maximum Gasteiger partial charge on any atom is 0.322 e. The summed E-state index contributed by atoms with van der Waals surface area (Å²) < 4.78 is 14.1. The summed E-state index contributed by atoms with van der Waals surface area (Å²) in [5, 5.41) is 9.81. The minimum absolute atomic E-state index is 0.0956. The highest BCUT2D eigenvalue weighted by Crippen LogP contribution is 2.36. The van der Waals surface area contributed by atoms with E-state index in [-0.39, 0.29) is 22.3 Å². The fourth-order valence-electron chi connectivity index (χ4n) is 3.69. The van der Waals surface area contributed by atoms with Crippen molar-refractivity contribution in [1.82, 2.24) is 9.88 Å². The van der Waals surface area contributed by atoms with E-state index in [1.165, 1.54) is 18.2 Å². The molecule has 0 aliphatic carbocycles. The van der Waals surface area contributed by atoms with Crippen molar-refractivity contribution in [3.63, 3.8) is 0 Å². The molecule has 2 aliphatic rings. The fourth-order valence-corrected chi connectivity index (χ4v) is 3.85. The molecule has 4 rings (SSSR count). The van der Waals surface area contributed by atoms with Crippen LogP contribution in [0.25, 0.3) is 0 Å². The third-order valence-electron chi connectivity index (χ3n) is 5.05. The van der Waals surface area contributed by atoms with Gasteiger partial charge in [0.2, 0.25) is 0 Å². The summed E-state index contributed by atoms with van der Waals surface area (Å²) in [6.45, 7) is 6.93. The van der Waals surface area contributed by atoms with Crippen LogP contribution in [0.4, 0.5) is 26.4 Å². The number of aromatic nitrogens is 1. The Balaban J connectivity index is 1.59. The smallest absolute Gasteiger partial charge is 0.322 e. The zero-order valence-corrected chi connectivity index (χ0v) is 17.8. The average Bonchev–Trinajstić information content (AvgIpc) is 3.08. The quantitative estimate of drug-likeness (QED) is 0.618. The number of amidine groups is 1. The van der Waals surface area contributed by atoms with Crippen molar-refractivity contribution in [1.29, 1.82) is 0 Å². The van der Waals surface area contributed by atoms with E-state index in [4.69, 9.17) is 16.6 Å². The number of rotatable bonds is 1.